The molecule has 1 aliphatic heterocycles. The second-order valence-electron chi connectivity index (χ2n) is 7.60. The first-order valence-corrected chi connectivity index (χ1v) is 10.7. The van der Waals surface area contributed by atoms with E-state index in [9.17, 15) is 4.79 Å². The van der Waals surface area contributed by atoms with E-state index in [1.54, 1.807) is 18.9 Å². The van der Waals surface area contributed by atoms with Gasteiger partial charge in [-0.25, -0.2) is 0 Å². The van der Waals surface area contributed by atoms with E-state index < -0.39 is 0 Å². The van der Waals surface area contributed by atoms with Crippen LogP contribution in [0.5, 0.6) is 11.5 Å². The highest BCUT2D eigenvalue weighted by Crippen LogP contribution is 2.42. The maximum Gasteiger partial charge on any atom is 0.265 e. The minimum absolute atomic E-state index is 0.0382. The smallest absolute Gasteiger partial charge is 0.265 e. The minimum Gasteiger partial charge on any atom is -0.496 e. The summed E-state index contributed by atoms with van der Waals surface area (Å²) in [6.07, 6.45) is 0.938. The molecule has 2 aromatic carbocycles. The molecule has 0 aliphatic carbocycles. The number of halogens is 1. The topological polar surface area (TPSA) is 75.0 Å². The highest BCUT2D eigenvalue weighted by molar-refractivity contribution is 6.30. The predicted molar refractivity (Wildman–Crippen MR) is 126 cm³/mol. The number of nitrogens with zero attached hydrogens (tertiary/aromatic N) is 2. The number of ether oxygens (including phenoxy) is 2. The summed E-state index contributed by atoms with van der Waals surface area (Å²) >= 11 is 5.99. The number of methoxy groups -OCH3 is 1. The molecule has 3 rings (SSSR count). The molecule has 1 aliphatic rings. The second kappa shape index (κ2) is 9.96. The first-order chi connectivity index (χ1) is 14.8. The number of nitrogens with one attached hydrogen (secondary N) is 1. The highest BCUT2D eigenvalue weighted by atomic mass is 35.5. The van der Waals surface area contributed by atoms with Crippen LogP contribution in [0, 0.1) is 5.41 Å². The number of carbonyl (C=O) groups excluding carboxylic acids is 1. The number of fused-ring (bicyclic) bond motifs is 1. The van der Waals surface area contributed by atoms with E-state index in [1.807, 2.05) is 43.3 Å². The van der Waals surface area contributed by atoms with E-state index in [2.05, 4.69) is 11.9 Å². The molecule has 6 nitrogen and oxygen atoms in total. The maximum atomic E-state index is 12.7. The van der Waals surface area contributed by atoms with Crippen LogP contribution in [0.3, 0.4) is 0 Å². The van der Waals surface area contributed by atoms with Gasteiger partial charge in [0.05, 0.1) is 25.3 Å². The van der Waals surface area contributed by atoms with Crippen molar-refractivity contribution in [1.82, 2.24) is 0 Å². The molecule has 0 aromatic heterocycles. The van der Waals surface area contributed by atoms with Gasteiger partial charge in [0.15, 0.2) is 6.61 Å². The van der Waals surface area contributed by atoms with Gasteiger partial charge in [0, 0.05) is 34.6 Å². The third kappa shape index (κ3) is 5.07. The van der Waals surface area contributed by atoms with Crippen LogP contribution in [0.15, 0.2) is 41.4 Å². The summed E-state index contributed by atoms with van der Waals surface area (Å²) in [5.74, 6) is 0.759. The standard InChI is InChI=1S/C24H28ClN3O3/c1-5-10-27-16(3)24(15(2)26)19-11-22-20(12-21(19)30-4)28(23(29)14-31-22)13-17-6-8-18(25)9-7-17/h6-9,11-12,24,26H,5,10,13-14H2,1-4H3. The Bertz CT molecular complexity index is 1000. The molecule has 1 amide bonds. The zero-order valence-electron chi connectivity index (χ0n) is 18.4. The van der Waals surface area contributed by atoms with Crippen molar-refractivity contribution in [1.29, 1.82) is 5.41 Å². The van der Waals surface area contributed by atoms with E-state index in [1.165, 1.54) is 0 Å². The van der Waals surface area contributed by atoms with E-state index in [0.29, 0.717) is 41.0 Å². The molecule has 0 radical (unpaired) electrons. The van der Waals surface area contributed by atoms with Crippen LogP contribution in [0.25, 0.3) is 0 Å². The monoisotopic (exact) mass is 441 g/mol. The average Bonchev–Trinajstić information content (AvgIpc) is 2.75. The summed E-state index contributed by atoms with van der Waals surface area (Å²) in [5.41, 5.74) is 3.76. The number of amides is 1. The molecule has 164 valence electrons. The molecule has 0 saturated carbocycles. The van der Waals surface area contributed by atoms with Crippen LogP contribution in [-0.4, -0.2) is 37.6 Å². The molecule has 31 heavy (non-hydrogen) atoms. The first kappa shape index (κ1) is 22.8. The molecule has 2 aromatic rings. The Hall–Kier alpha value is -2.86. The third-order valence-electron chi connectivity index (χ3n) is 5.25. The van der Waals surface area contributed by atoms with E-state index in [0.717, 1.165) is 23.3 Å². The lowest BCUT2D eigenvalue weighted by Crippen LogP contribution is -2.38. The lowest BCUT2D eigenvalue weighted by molar-refractivity contribution is -0.121. The molecule has 1 unspecified atom stereocenters. The number of hydrogen-bond donors (Lipinski definition) is 1. The van der Waals surface area contributed by atoms with Gasteiger partial charge in [-0.05, 0) is 44.0 Å². The lowest BCUT2D eigenvalue weighted by Gasteiger charge is -2.31. The van der Waals surface area contributed by atoms with Crippen LogP contribution in [0.4, 0.5) is 5.69 Å². The van der Waals surface area contributed by atoms with E-state index in [-0.39, 0.29) is 18.4 Å². The summed E-state index contributed by atoms with van der Waals surface area (Å²) < 4.78 is 11.5. The van der Waals surface area contributed by atoms with Crippen molar-refractivity contribution in [3.63, 3.8) is 0 Å². The second-order valence-corrected chi connectivity index (χ2v) is 8.03. The largest absolute Gasteiger partial charge is 0.496 e. The fourth-order valence-electron chi connectivity index (χ4n) is 3.74. The number of carbonyl (C=O) groups is 1. The fraction of sp³-hybridized carbons (Fsp3) is 0.375. The normalized spacial score (nSPS) is 14.7. The fourth-order valence-corrected chi connectivity index (χ4v) is 3.87. The Kier molecular flexibility index (Phi) is 7.33. The summed E-state index contributed by atoms with van der Waals surface area (Å²) in [4.78, 5) is 19.0. The molecule has 0 bridgehead atoms. The average molecular weight is 442 g/mol. The maximum absolute atomic E-state index is 12.7. The van der Waals surface area contributed by atoms with Crippen LogP contribution in [0.2, 0.25) is 5.02 Å². The summed E-state index contributed by atoms with van der Waals surface area (Å²) in [7, 11) is 1.59. The van der Waals surface area contributed by atoms with Crippen molar-refractivity contribution in [3.8, 4) is 11.5 Å². The van der Waals surface area contributed by atoms with Gasteiger partial charge in [0.25, 0.3) is 5.91 Å². The first-order valence-electron chi connectivity index (χ1n) is 10.3. The van der Waals surface area contributed by atoms with Gasteiger partial charge in [0.2, 0.25) is 0 Å². The Labute approximate surface area is 188 Å². The minimum atomic E-state index is -0.308. The Morgan fingerprint density at radius 1 is 1.29 bits per heavy atom. The zero-order valence-corrected chi connectivity index (χ0v) is 19.1. The van der Waals surface area contributed by atoms with E-state index in [4.69, 9.17) is 26.5 Å². The summed E-state index contributed by atoms with van der Waals surface area (Å²) in [6.45, 7) is 6.86. The number of benzene rings is 2. The molecule has 0 spiro atoms. The van der Waals surface area contributed by atoms with Crippen molar-refractivity contribution in [2.24, 2.45) is 4.99 Å². The number of aliphatic imine (C=N–C) groups is 1. The van der Waals surface area contributed by atoms with E-state index >= 15 is 0 Å². The summed E-state index contributed by atoms with van der Waals surface area (Å²) in [5, 5.41) is 9.00. The van der Waals surface area contributed by atoms with Crippen LogP contribution < -0.4 is 14.4 Å². The van der Waals surface area contributed by atoms with Crippen molar-refractivity contribution >= 4 is 34.6 Å². The van der Waals surface area contributed by atoms with Gasteiger partial charge in [-0.3, -0.25) is 9.79 Å². The summed E-state index contributed by atoms with van der Waals surface area (Å²) in [6, 6.07) is 11.1. The van der Waals surface area contributed by atoms with Crippen molar-refractivity contribution in [3.05, 3.63) is 52.5 Å². The molecule has 1 heterocycles. The quantitative estimate of drug-likeness (QED) is 0.567. The molecule has 0 fully saturated rings. The molecule has 1 N–H and O–H groups in total. The number of hydrogen-bond acceptors (Lipinski definition) is 5. The SMILES string of the molecule is CCCN=C(C)C(C(C)=N)c1cc2c(cc1OC)N(Cc1ccc(Cl)cc1)C(=O)CO2. The van der Waals surface area contributed by atoms with Gasteiger partial charge < -0.3 is 19.8 Å². The third-order valence-corrected chi connectivity index (χ3v) is 5.51. The number of rotatable bonds is 8. The van der Waals surface area contributed by atoms with Crippen LogP contribution in [-0.2, 0) is 11.3 Å². The van der Waals surface area contributed by atoms with Crippen LogP contribution in [0.1, 0.15) is 44.2 Å². The molecule has 0 saturated heterocycles. The molecular weight excluding hydrogens is 414 g/mol. The Morgan fingerprint density at radius 2 is 2.00 bits per heavy atom. The number of anilines is 1. The Balaban J connectivity index is 2.04. The Morgan fingerprint density at radius 3 is 2.61 bits per heavy atom. The van der Waals surface area contributed by atoms with Gasteiger partial charge in [0.1, 0.15) is 11.5 Å². The zero-order chi connectivity index (χ0) is 22.5. The predicted octanol–water partition coefficient (Wildman–Crippen LogP) is 5.27. The molecule has 7 heteroatoms. The highest BCUT2D eigenvalue weighted by Gasteiger charge is 2.30. The van der Waals surface area contributed by atoms with Gasteiger partial charge in [-0.15, -0.1) is 0 Å². The van der Waals surface area contributed by atoms with Crippen molar-refractivity contribution in [2.75, 3.05) is 25.2 Å². The van der Waals surface area contributed by atoms with Crippen LogP contribution >= 0.6 is 11.6 Å². The molecular formula is C24H28ClN3O3. The van der Waals surface area contributed by atoms with Gasteiger partial charge >= 0.3 is 0 Å². The van der Waals surface area contributed by atoms with Gasteiger partial charge in [-0.1, -0.05) is 30.7 Å². The molecule has 1 atom stereocenters. The van der Waals surface area contributed by atoms with Gasteiger partial charge in [-0.2, -0.15) is 0 Å². The van der Waals surface area contributed by atoms with Crippen molar-refractivity contribution < 1.29 is 14.3 Å². The van der Waals surface area contributed by atoms with Crippen molar-refractivity contribution in [2.45, 2.75) is 39.7 Å². The lowest BCUT2D eigenvalue weighted by atomic mass is 9.89.